The van der Waals surface area contributed by atoms with Gasteiger partial charge in [-0.2, -0.15) is 0 Å². The molecule has 0 spiro atoms. The normalized spacial score (nSPS) is 10.4. The van der Waals surface area contributed by atoms with Crippen molar-refractivity contribution in [2.45, 2.75) is 6.92 Å². The third-order valence-corrected chi connectivity index (χ3v) is 2.03. The van der Waals surface area contributed by atoms with Gasteiger partial charge >= 0.3 is 0 Å². The molecular weight excluding hydrogens is 226 g/mol. The third-order valence-electron chi connectivity index (χ3n) is 2.03. The predicted octanol–water partition coefficient (Wildman–Crippen LogP) is 2.49. The summed E-state index contributed by atoms with van der Waals surface area (Å²) in [5, 5.41) is 24.1. The van der Waals surface area contributed by atoms with Gasteiger partial charge in [0, 0.05) is 12.6 Å². The highest BCUT2D eigenvalue weighted by Gasteiger charge is 2.18. The van der Waals surface area contributed by atoms with Gasteiger partial charge in [0.2, 0.25) is 0 Å². The summed E-state index contributed by atoms with van der Waals surface area (Å²) in [6.45, 7) is 2.25. The number of anilines is 1. The quantitative estimate of drug-likeness (QED) is 0.482. The first-order valence-electron chi connectivity index (χ1n) is 4.84. The van der Waals surface area contributed by atoms with Crippen LogP contribution in [0.4, 0.5) is 17.1 Å². The number of non-ortho nitro benzene ring substituents is 1. The molecule has 7 nitrogen and oxygen atoms in total. The Balaban J connectivity index is 3.04. The Morgan fingerprint density at radius 3 is 2.53 bits per heavy atom. The molecule has 0 aromatic heterocycles. The van der Waals surface area contributed by atoms with E-state index in [0.717, 1.165) is 6.07 Å². The molecule has 90 valence electrons. The van der Waals surface area contributed by atoms with Gasteiger partial charge in [0.05, 0.1) is 15.9 Å². The largest absolute Gasteiger partial charge is 0.376 e. The molecule has 0 heterocycles. The Hall–Kier alpha value is -2.44. The monoisotopic (exact) mass is 237 g/mol. The van der Waals surface area contributed by atoms with E-state index in [1.807, 2.05) is 6.92 Å². The maximum Gasteiger partial charge on any atom is 0.299 e. The fourth-order valence-corrected chi connectivity index (χ4v) is 1.22. The van der Waals surface area contributed by atoms with Crippen molar-refractivity contribution in [3.8, 4) is 0 Å². The summed E-state index contributed by atoms with van der Waals surface area (Å²) < 4.78 is 0. The van der Waals surface area contributed by atoms with E-state index in [2.05, 4.69) is 5.32 Å². The molecule has 0 aliphatic carbocycles. The van der Waals surface area contributed by atoms with Crippen molar-refractivity contribution in [1.82, 2.24) is 0 Å². The van der Waals surface area contributed by atoms with Gasteiger partial charge in [-0.3, -0.25) is 20.2 Å². The van der Waals surface area contributed by atoms with Crippen molar-refractivity contribution >= 4 is 17.1 Å². The third kappa shape index (κ3) is 3.26. The van der Waals surface area contributed by atoms with Gasteiger partial charge in [-0.05, 0) is 13.0 Å². The molecule has 0 aliphatic heterocycles. The second kappa shape index (κ2) is 5.59. The molecule has 7 heteroatoms. The minimum atomic E-state index is -0.664. The van der Waals surface area contributed by atoms with Gasteiger partial charge in [0.15, 0.2) is 0 Å². The summed E-state index contributed by atoms with van der Waals surface area (Å²) in [7, 11) is 0. The van der Waals surface area contributed by atoms with E-state index in [-0.39, 0.29) is 17.1 Å². The molecule has 1 N–H and O–H groups in total. The topological polar surface area (TPSA) is 98.3 Å². The van der Waals surface area contributed by atoms with Gasteiger partial charge in [0.1, 0.15) is 5.69 Å². The Bertz CT molecular complexity index is 471. The summed E-state index contributed by atoms with van der Waals surface area (Å²) >= 11 is 0. The van der Waals surface area contributed by atoms with Gasteiger partial charge in [0.25, 0.3) is 11.4 Å². The molecule has 1 aromatic rings. The second-order valence-electron chi connectivity index (χ2n) is 3.17. The number of nitrogens with one attached hydrogen (secondary N) is 1. The lowest BCUT2D eigenvalue weighted by molar-refractivity contribution is -0.393. The summed E-state index contributed by atoms with van der Waals surface area (Å²) in [5.74, 6) is 0. The van der Waals surface area contributed by atoms with Crippen LogP contribution in [0.15, 0.2) is 30.4 Å². The van der Waals surface area contributed by atoms with E-state index in [9.17, 15) is 20.2 Å². The van der Waals surface area contributed by atoms with Crippen molar-refractivity contribution in [3.05, 3.63) is 50.6 Å². The molecule has 0 unspecified atom stereocenters. The van der Waals surface area contributed by atoms with Crippen LogP contribution in [0.25, 0.3) is 0 Å². The predicted molar refractivity (Wildman–Crippen MR) is 63.1 cm³/mol. The molecule has 1 aromatic carbocycles. The maximum atomic E-state index is 10.8. The zero-order valence-corrected chi connectivity index (χ0v) is 9.12. The van der Waals surface area contributed by atoms with Gasteiger partial charge in [-0.25, -0.2) is 0 Å². The first kappa shape index (κ1) is 12.6. The molecule has 17 heavy (non-hydrogen) atoms. The molecular formula is C10H11N3O4. The minimum absolute atomic E-state index is 0.263. The van der Waals surface area contributed by atoms with Crippen LogP contribution in [-0.4, -0.2) is 16.4 Å². The van der Waals surface area contributed by atoms with E-state index in [0.29, 0.717) is 6.54 Å². The van der Waals surface area contributed by atoms with Crippen LogP contribution >= 0.6 is 0 Å². The highest BCUT2D eigenvalue weighted by Crippen LogP contribution is 2.28. The highest BCUT2D eigenvalue weighted by molar-refractivity contribution is 5.65. The summed E-state index contributed by atoms with van der Waals surface area (Å²) in [6.07, 6.45) is 3.58. The molecule has 0 radical (unpaired) electrons. The van der Waals surface area contributed by atoms with E-state index >= 15 is 0 Å². The molecule has 0 atom stereocenters. The molecule has 0 fully saturated rings. The summed E-state index contributed by atoms with van der Waals surface area (Å²) in [6, 6.07) is 3.50. The molecule has 1 rings (SSSR count). The van der Waals surface area contributed by atoms with E-state index < -0.39 is 9.85 Å². The summed E-state index contributed by atoms with van der Waals surface area (Å²) in [5.41, 5.74) is -0.337. The average molecular weight is 237 g/mol. The lowest BCUT2D eigenvalue weighted by Crippen LogP contribution is -2.02. The number of nitrogens with zero attached hydrogens (tertiary/aromatic N) is 2. The van der Waals surface area contributed by atoms with Gasteiger partial charge < -0.3 is 5.32 Å². The molecule has 0 saturated heterocycles. The Morgan fingerprint density at radius 1 is 1.29 bits per heavy atom. The van der Waals surface area contributed by atoms with Crippen LogP contribution in [0, 0.1) is 20.2 Å². The number of hydrogen-bond donors (Lipinski definition) is 1. The first-order chi connectivity index (χ1) is 8.06. The lowest BCUT2D eigenvalue weighted by atomic mass is 10.2. The molecule has 0 saturated carbocycles. The van der Waals surface area contributed by atoms with Crippen LogP contribution in [-0.2, 0) is 0 Å². The fraction of sp³-hybridized carbons (Fsp3) is 0.200. The fourth-order valence-electron chi connectivity index (χ4n) is 1.22. The number of nitro groups is 2. The van der Waals surface area contributed by atoms with Crippen molar-refractivity contribution in [2.24, 2.45) is 0 Å². The van der Waals surface area contributed by atoms with Crippen molar-refractivity contribution in [1.29, 1.82) is 0 Å². The number of nitro benzene ring substituents is 2. The van der Waals surface area contributed by atoms with Gasteiger partial charge in [-0.1, -0.05) is 12.2 Å². The van der Waals surface area contributed by atoms with Crippen molar-refractivity contribution < 1.29 is 9.85 Å². The Kier molecular flexibility index (Phi) is 4.15. The van der Waals surface area contributed by atoms with Crippen LogP contribution in [0.3, 0.4) is 0 Å². The van der Waals surface area contributed by atoms with Crippen LogP contribution < -0.4 is 5.32 Å². The number of benzene rings is 1. The molecule has 0 aliphatic rings. The van der Waals surface area contributed by atoms with E-state index in [1.165, 1.54) is 12.1 Å². The van der Waals surface area contributed by atoms with Crippen molar-refractivity contribution in [2.75, 3.05) is 11.9 Å². The number of hydrogen-bond acceptors (Lipinski definition) is 5. The van der Waals surface area contributed by atoms with Crippen molar-refractivity contribution in [3.63, 3.8) is 0 Å². The van der Waals surface area contributed by atoms with E-state index in [1.54, 1.807) is 12.2 Å². The molecule has 0 amide bonds. The SMILES string of the molecule is C/C=C/CNc1ccc([N+](=O)[O-])cc1[N+](=O)[O-]. The second-order valence-corrected chi connectivity index (χ2v) is 3.17. The lowest BCUT2D eigenvalue weighted by Gasteiger charge is -2.03. The maximum absolute atomic E-state index is 10.8. The van der Waals surface area contributed by atoms with Gasteiger partial charge in [-0.15, -0.1) is 0 Å². The summed E-state index contributed by atoms with van der Waals surface area (Å²) in [4.78, 5) is 19.9. The number of allylic oxidation sites excluding steroid dienone is 1. The minimum Gasteiger partial charge on any atom is -0.376 e. The zero-order chi connectivity index (χ0) is 12.8. The Labute approximate surface area is 97.1 Å². The van der Waals surface area contributed by atoms with E-state index in [4.69, 9.17) is 0 Å². The number of rotatable bonds is 5. The molecule has 0 bridgehead atoms. The smallest absolute Gasteiger partial charge is 0.299 e. The van der Waals surface area contributed by atoms with Crippen LogP contribution in [0.2, 0.25) is 0 Å². The van der Waals surface area contributed by atoms with Crippen LogP contribution in [0.5, 0.6) is 0 Å². The zero-order valence-electron chi connectivity index (χ0n) is 9.12. The van der Waals surface area contributed by atoms with Crippen LogP contribution in [0.1, 0.15) is 6.92 Å². The highest BCUT2D eigenvalue weighted by atomic mass is 16.6. The average Bonchev–Trinajstić information content (AvgIpc) is 2.29. The Morgan fingerprint density at radius 2 is 2.00 bits per heavy atom. The standard InChI is InChI=1S/C10H11N3O4/c1-2-3-6-11-9-5-4-8(12(14)15)7-10(9)13(16)17/h2-5,7,11H,6H2,1H3/b3-2+. The first-order valence-corrected chi connectivity index (χ1v) is 4.84.